The number of benzene rings is 2. The van der Waals surface area contributed by atoms with Crippen molar-refractivity contribution in [2.75, 3.05) is 0 Å². The van der Waals surface area contributed by atoms with Gasteiger partial charge in [0.1, 0.15) is 10.1 Å². The topological polar surface area (TPSA) is 41.8 Å². The summed E-state index contributed by atoms with van der Waals surface area (Å²) in [5.74, 6) is 0. The Morgan fingerprint density at radius 3 is 1.45 bits per heavy atom. The van der Waals surface area contributed by atoms with Crippen molar-refractivity contribution in [3.8, 4) is 0 Å². The third-order valence-corrected chi connectivity index (χ3v) is 4.59. The molecule has 2 amide bonds. The van der Waals surface area contributed by atoms with E-state index in [1.54, 1.807) is 0 Å². The molecule has 0 atom stereocenters. The van der Waals surface area contributed by atoms with Crippen molar-refractivity contribution >= 4 is 39.6 Å². The molecule has 3 nitrogen and oxygen atoms in total. The van der Waals surface area contributed by atoms with Gasteiger partial charge in [0.25, 0.3) is 0 Å². The van der Waals surface area contributed by atoms with E-state index in [9.17, 15) is 4.79 Å². The zero-order valence-corrected chi connectivity index (χ0v) is 12.0. The number of hydrogen-bond donors (Lipinski definition) is 0. The van der Waals surface area contributed by atoms with E-state index in [4.69, 9.17) is 0 Å². The van der Waals surface area contributed by atoms with Gasteiger partial charge in [-0.1, -0.05) is 59.9 Å². The number of nitrogens with zero attached hydrogens (tertiary/aromatic N) is 2. The average molecular weight is 298 g/mol. The normalized spacial score (nSPS) is 14.1. The molecule has 0 fully saturated rings. The van der Waals surface area contributed by atoms with Crippen LogP contribution in [0.25, 0.3) is 0 Å². The Kier molecular flexibility index (Phi) is 3.99. The number of carbonyl (C=O) groups is 1. The van der Waals surface area contributed by atoms with Crippen molar-refractivity contribution in [3.05, 3.63) is 60.7 Å². The third-order valence-electron chi connectivity index (χ3n) is 2.49. The minimum atomic E-state index is -0.429. The van der Waals surface area contributed by atoms with Crippen LogP contribution in [0.3, 0.4) is 0 Å². The van der Waals surface area contributed by atoms with Crippen molar-refractivity contribution < 1.29 is 4.79 Å². The van der Waals surface area contributed by atoms with Crippen molar-refractivity contribution in [2.45, 2.75) is 9.79 Å². The fraction of sp³-hybridized carbons (Fsp3) is 0. The van der Waals surface area contributed by atoms with Crippen LogP contribution in [0.2, 0.25) is 0 Å². The standard InChI is InChI=1S/C15H10N2OS2/c18-15-16-13(19-11-7-3-1-4-8-11)14(17-15)20-12-9-5-2-6-10-12/h1-10H. The first-order chi connectivity index (χ1) is 9.81. The minimum absolute atomic E-state index is 0.429. The van der Waals surface area contributed by atoms with Crippen molar-refractivity contribution in [2.24, 2.45) is 9.98 Å². The predicted octanol–water partition coefficient (Wildman–Crippen LogP) is 4.50. The van der Waals surface area contributed by atoms with Crippen molar-refractivity contribution in [3.63, 3.8) is 0 Å². The molecule has 0 spiro atoms. The van der Waals surface area contributed by atoms with Gasteiger partial charge in [-0.2, -0.15) is 9.98 Å². The number of carbonyl (C=O) groups excluding carboxylic acids is 1. The lowest BCUT2D eigenvalue weighted by atomic mass is 10.4. The summed E-state index contributed by atoms with van der Waals surface area (Å²) in [6.07, 6.45) is 0. The van der Waals surface area contributed by atoms with Crippen LogP contribution >= 0.6 is 23.5 Å². The highest BCUT2D eigenvalue weighted by Gasteiger charge is 2.21. The zero-order chi connectivity index (χ0) is 13.8. The SMILES string of the molecule is O=C1N=C(Sc2ccccc2)C(Sc2ccccc2)=N1. The molecule has 1 aliphatic rings. The molecule has 2 aromatic rings. The van der Waals surface area contributed by atoms with E-state index in [1.165, 1.54) is 23.5 Å². The molecule has 0 unspecified atom stereocenters. The predicted molar refractivity (Wildman–Crippen MR) is 84.9 cm³/mol. The fourth-order valence-corrected chi connectivity index (χ4v) is 3.42. The quantitative estimate of drug-likeness (QED) is 0.819. The summed E-state index contributed by atoms with van der Waals surface area (Å²) in [6.45, 7) is 0. The van der Waals surface area contributed by atoms with Crippen molar-refractivity contribution in [1.82, 2.24) is 0 Å². The maximum atomic E-state index is 11.4. The smallest absolute Gasteiger partial charge is 0.244 e. The Balaban J connectivity index is 1.79. The van der Waals surface area contributed by atoms with Crippen LogP contribution in [0.1, 0.15) is 0 Å². The van der Waals surface area contributed by atoms with Gasteiger partial charge in [0, 0.05) is 9.79 Å². The summed E-state index contributed by atoms with van der Waals surface area (Å²) in [5, 5.41) is 1.32. The second-order valence-electron chi connectivity index (χ2n) is 3.95. The highest BCUT2D eigenvalue weighted by Crippen LogP contribution is 2.30. The molecular weight excluding hydrogens is 288 g/mol. The molecule has 3 rings (SSSR count). The van der Waals surface area contributed by atoms with E-state index < -0.39 is 6.03 Å². The lowest BCUT2D eigenvalue weighted by Crippen LogP contribution is -2.01. The van der Waals surface area contributed by atoms with E-state index in [2.05, 4.69) is 9.98 Å². The molecule has 0 radical (unpaired) electrons. The van der Waals surface area contributed by atoms with Crippen molar-refractivity contribution in [1.29, 1.82) is 0 Å². The largest absolute Gasteiger partial charge is 0.369 e. The second kappa shape index (κ2) is 6.07. The Morgan fingerprint density at radius 2 is 1.05 bits per heavy atom. The van der Waals surface area contributed by atoms with Gasteiger partial charge in [0.15, 0.2) is 0 Å². The van der Waals surface area contributed by atoms with E-state index in [-0.39, 0.29) is 0 Å². The molecule has 5 heteroatoms. The molecule has 0 saturated carbocycles. The number of urea groups is 1. The maximum Gasteiger partial charge on any atom is 0.369 e. The highest BCUT2D eigenvalue weighted by molar-refractivity contribution is 8.25. The van der Waals surface area contributed by atoms with E-state index in [0.29, 0.717) is 10.1 Å². The van der Waals surface area contributed by atoms with Gasteiger partial charge >= 0.3 is 6.03 Å². The second-order valence-corrected chi connectivity index (χ2v) is 6.07. The molecule has 0 saturated heterocycles. The van der Waals surface area contributed by atoms with E-state index in [0.717, 1.165) is 9.79 Å². The van der Waals surface area contributed by atoms with Crippen LogP contribution in [0.15, 0.2) is 80.4 Å². The molecular formula is C15H10N2OS2. The Morgan fingerprint density at radius 1 is 0.650 bits per heavy atom. The monoisotopic (exact) mass is 298 g/mol. The summed E-state index contributed by atoms with van der Waals surface area (Å²) in [7, 11) is 0. The summed E-state index contributed by atoms with van der Waals surface area (Å²) >= 11 is 2.92. The summed E-state index contributed by atoms with van der Waals surface area (Å²) in [6, 6.07) is 19.3. The lowest BCUT2D eigenvalue weighted by Gasteiger charge is -2.04. The average Bonchev–Trinajstić information content (AvgIpc) is 2.81. The lowest BCUT2D eigenvalue weighted by molar-refractivity contribution is 0.257. The number of aliphatic imine (C=N–C) groups is 2. The number of thioether (sulfide) groups is 2. The third kappa shape index (κ3) is 3.18. The van der Waals surface area contributed by atoms with E-state index in [1.807, 2.05) is 60.7 Å². The number of rotatable bonds is 2. The van der Waals surface area contributed by atoms with Crippen LogP contribution in [0.4, 0.5) is 4.79 Å². The fourth-order valence-electron chi connectivity index (χ4n) is 1.63. The van der Waals surface area contributed by atoms with Gasteiger partial charge in [-0.05, 0) is 24.3 Å². The van der Waals surface area contributed by atoms with Gasteiger partial charge in [-0.3, -0.25) is 0 Å². The summed E-state index contributed by atoms with van der Waals surface area (Å²) in [5.41, 5.74) is 0. The highest BCUT2D eigenvalue weighted by atomic mass is 32.2. The Bertz CT molecular complexity index is 622. The molecule has 0 aliphatic carbocycles. The first-order valence-electron chi connectivity index (χ1n) is 5.99. The molecule has 1 aliphatic heterocycles. The minimum Gasteiger partial charge on any atom is -0.244 e. The molecule has 98 valence electrons. The molecule has 2 aromatic carbocycles. The molecule has 20 heavy (non-hydrogen) atoms. The number of amides is 2. The van der Waals surface area contributed by atoms with Gasteiger partial charge in [0.05, 0.1) is 0 Å². The van der Waals surface area contributed by atoms with E-state index >= 15 is 0 Å². The maximum absolute atomic E-state index is 11.4. The molecule has 0 N–H and O–H groups in total. The molecule has 0 bridgehead atoms. The summed E-state index contributed by atoms with van der Waals surface area (Å²) in [4.78, 5) is 21.5. The van der Waals surface area contributed by atoms with Crippen LogP contribution < -0.4 is 0 Å². The molecule has 0 aromatic heterocycles. The van der Waals surface area contributed by atoms with Crippen LogP contribution in [-0.2, 0) is 0 Å². The van der Waals surface area contributed by atoms with Crippen LogP contribution in [0, 0.1) is 0 Å². The number of hydrogen-bond acceptors (Lipinski definition) is 3. The zero-order valence-electron chi connectivity index (χ0n) is 10.4. The van der Waals surface area contributed by atoms with Gasteiger partial charge < -0.3 is 0 Å². The Labute approximate surface area is 125 Å². The first kappa shape index (κ1) is 13.1. The summed E-state index contributed by atoms with van der Waals surface area (Å²) < 4.78 is 0. The first-order valence-corrected chi connectivity index (χ1v) is 7.62. The Hall–Kier alpha value is -1.85. The van der Waals surface area contributed by atoms with Gasteiger partial charge in [0.2, 0.25) is 0 Å². The van der Waals surface area contributed by atoms with Crippen LogP contribution in [-0.4, -0.2) is 16.1 Å². The molecule has 1 heterocycles. The van der Waals surface area contributed by atoms with Gasteiger partial charge in [-0.25, -0.2) is 4.79 Å². The van der Waals surface area contributed by atoms with Gasteiger partial charge in [-0.15, -0.1) is 0 Å². The van der Waals surface area contributed by atoms with Crippen LogP contribution in [0.5, 0.6) is 0 Å².